The Kier molecular flexibility index (Phi) is 5.51. The number of aromatic nitrogens is 1. The highest BCUT2D eigenvalue weighted by molar-refractivity contribution is 5.96. The third kappa shape index (κ3) is 4.04. The molecule has 166 valence electrons. The fourth-order valence-corrected chi connectivity index (χ4v) is 4.79. The standard InChI is InChI=1S/C24H27N5O3/c30-20-8-13-28(14-9-20)23(31)17-5-10-25-22(15-17)27-11-6-19(7-12-27)29-16-18-3-1-2-4-21(18)26-24(29)32/h1-5,10,15,19H,6-9,11-14,16H2,(H,26,32). The molecule has 8 heteroatoms. The van der Waals surface area contributed by atoms with E-state index in [1.54, 1.807) is 17.2 Å². The van der Waals surface area contributed by atoms with Crippen LogP contribution in [0.4, 0.5) is 16.3 Å². The molecule has 2 aromatic rings. The van der Waals surface area contributed by atoms with Gasteiger partial charge in [-0.1, -0.05) is 18.2 Å². The average molecular weight is 434 g/mol. The van der Waals surface area contributed by atoms with Crippen LogP contribution in [0.15, 0.2) is 42.6 Å². The minimum Gasteiger partial charge on any atom is -0.356 e. The van der Waals surface area contributed by atoms with Crippen LogP contribution in [0.3, 0.4) is 0 Å². The van der Waals surface area contributed by atoms with Gasteiger partial charge in [-0.15, -0.1) is 0 Å². The van der Waals surface area contributed by atoms with E-state index < -0.39 is 0 Å². The predicted octanol–water partition coefficient (Wildman–Crippen LogP) is 2.90. The summed E-state index contributed by atoms with van der Waals surface area (Å²) in [6.07, 6.45) is 4.25. The van der Waals surface area contributed by atoms with E-state index in [0.29, 0.717) is 38.0 Å². The normalized spacial score (nSPS) is 19.6. The van der Waals surface area contributed by atoms with Gasteiger partial charge in [0.15, 0.2) is 0 Å². The molecule has 0 bridgehead atoms. The Bertz CT molecular complexity index is 1040. The molecule has 0 spiro atoms. The third-order valence-electron chi connectivity index (χ3n) is 6.69. The largest absolute Gasteiger partial charge is 0.356 e. The number of nitrogens with zero attached hydrogens (tertiary/aromatic N) is 4. The summed E-state index contributed by atoms with van der Waals surface area (Å²) in [6, 6.07) is 11.7. The number of piperidine rings is 2. The van der Waals surface area contributed by atoms with Crippen molar-refractivity contribution in [3.05, 3.63) is 53.7 Å². The number of ketones is 1. The van der Waals surface area contributed by atoms with E-state index in [-0.39, 0.29) is 23.8 Å². The lowest BCUT2D eigenvalue weighted by molar-refractivity contribution is -0.120. The summed E-state index contributed by atoms with van der Waals surface area (Å²) in [5.74, 6) is 0.966. The van der Waals surface area contributed by atoms with Gasteiger partial charge >= 0.3 is 6.03 Å². The van der Waals surface area contributed by atoms with Gasteiger partial charge in [-0.2, -0.15) is 0 Å². The second-order valence-corrected chi connectivity index (χ2v) is 8.67. The number of fused-ring (bicyclic) bond motifs is 1. The molecule has 0 atom stereocenters. The number of rotatable bonds is 3. The molecular weight excluding hydrogens is 406 g/mol. The second kappa shape index (κ2) is 8.61. The number of carbonyl (C=O) groups is 3. The first kappa shape index (κ1) is 20.5. The molecule has 3 aliphatic rings. The van der Waals surface area contributed by atoms with Gasteiger partial charge in [-0.3, -0.25) is 9.59 Å². The van der Waals surface area contributed by atoms with Crippen LogP contribution in [0.25, 0.3) is 0 Å². The molecule has 1 N–H and O–H groups in total. The summed E-state index contributed by atoms with van der Waals surface area (Å²) in [5.41, 5.74) is 2.65. The minimum atomic E-state index is -0.0420. The van der Waals surface area contributed by atoms with E-state index in [1.807, 2.05) is 29.2 Å². The summed E-state index contributed by atoms with van der Waals surface area (Å²) in [4.78, 5) is 47.3. The molecule has 8 nitrogen and oxygen atoms in total. The zero-order valence-electron chi connectivity index (χ0n) is 18.0. The summed E-state index contributed by atoms with van der Waals surface area (Å²) < 4.78 is 0. The summed E-state index contributed by atoms with van der Waals surface area (Å²) in [5, 5.41) is 3.00. The molecule has 32 heavy (non-hydrogen) atoms. The Morgan fingerprint density at radius 3 is 2.53 bits per heavy atom. The van der Waals surface area contributed by atoms with Crippen LogP contribution in [-0.4, -0.2) is 64.7 Å². The Morgan fingerprint density at radius 2 is 1.75 bits per heavy atom. The fourth-order valence-electron chi connectivity index (χ4n) is 4.79. The van der Waals surface area contributed by atoms with Crippen LogP contribution in [0.1, 0.15) is 41.6 Å². The molecule has 1 aromatic heterocycles. The topological polar surface area (TPSA) is 85.8 Å². The van der Waals surface area contributed by atoms with Gasteiger partial charge in [-0.05, 0) is 36.6 Å². The molecule has 5 rings (SSSR count). The number of benzene rings is 1. The Morgan fingerprint density at radius 1 is 1.00 bits per heavy atom. The number of hydrogen-bond acceptors (Lipinski definition) is 5. The molecule has 0 saturated carbocycles. The number of pyridine rings is 1. The highest BCUT2D eigenvalue weighted by Crippen LogP contribution is 2.29. The van der Waals surface area contributed by atoms with Gasteiger partial charge in [0.25, 0.3) is 5.91 Å². The molecule has 1 aromatic carbocycles. The number of Topliss-reactive ketones (excluding diaryl/α,β-unsaturated/α-hetero) is 1. The molecule has 2 fully saturated rings. The number of urea groups is 1. The number of carbonyl (C=O) groups excluding carboxylic acids is 3. The van der Waals surface area contributed by atoms with Crippen LogP contribution in [0.2, 0.25) is 0 Å². The molecule has 3 aliphatic heterocycles. The Labute approximate surface area is 187 Å². The van der Waals surface area contributed by atoms with Crippen molar-refractivity contribution >= 4 is 29.2 Å². The van der Waals surface area contributed by atoms with Gasteiger partial charge < -0.3 is 20.0 Å². The quantitative estimate of drug-likeness (QED) is 0.805. The van der Waals surface area contributed by atoms with E-state index in [9.17, 15) is 14.4 Å². The average Bonchev–Trinajstić information content (AvgIpc) is 2.84. The van der Waals surface area contributed by atoms with Crippen molar-refractivity contribution in [1.29, 1.82) is 0 Å². The van der Waals surface area contributed by atoms with Crippen molar-refractivity contribution in [2.24, 2.45) is 0 Å². The van der Waals surface area contributed by atoms with Crippen LogP contribution < -0.4 is 10.2 Å². The van der Waals surface area contributed by atoms with Gasteiger partial charge in [0, 0.05) is 69.1 Å². The first-order valence-corrected chi connectivity index (χ1v) is 11.3. The van der Waals surface area contributed by atoms with Crippen LogP contribution in [0, 0.1) is 0 Å². The van der Waals surface area contributed by atoms with Gasteiger partial charge in [0.1, 0.15) is 11.6 Å². The number of para-hydroxylation sites is 1. The highest BCUT2D eigenvalue weighted by atomic mass is 16.2. The van der Waals surface area contributed by atoms with Crippen LogP contribution >= 0.6 is 0 Å². The maximum absolute atomic E-state index is 12.9. The number of hydrogen-bond donors (Lipinski definition) is 1. The smallest absolute Gasteiger partial charge is 0.322 e. The molecular formula is C24H27N5O3. The van der Waals surface area contributed by atoms with Crippen LogP contribution in [-0.2, 0) is 11.3 Å². The molecule has 4 heterocycles. The van der Waals surface area contributed by atoms with Gasteiger partial charge in [0.2, 0.25) is 0 Å². The van der Waals surface area contributed by atoms with Gasteiger partial charge in [0.05, 0.1) is 0 Å². The second-order valence-electron chi connectivity index (χ2n) is 8.67. The van der Waals surface area contributed by atoms with Crippen molar-refractivity contribution in [2.45, 2.75) is 38.3 Å². The van der Waals surface area contributed by atoms with Gasteiger partial charge in [-0.25, -0.2) is 9.78 Å². The lowest BCUT2D eigenvalue weighted by Crippen LogP contribution is -2.50. The fraction of sp³-hybridized carbons (Fsp3) is 0.417. The molecule has 0 aliphatic carbocycles. The van der Waals surface area contributed by atoms with E-state index in [4.69, 9.17) is 0 Å². The number of nitrogens with one attached hydrogen (secondary N) is 1. The first-order valence-electron chi connectivity index (χ1n) is 11.3. The van der Waals surface area contributed by atoms with Crippen molar-refractivity contribution in [1.82, 2.24) is 14.8 Å². The molecule has 2 saturated heterocycles. The minimum absolute atomic E-state index is 0.0344. The maximum atomic E-state index is 12.9. The summed E-state index contributed by atoms with van der Waals surface area (Å²) in [7, 11) is 0. The van der Waals surface area contributed by atoms with Crippen molar-refractivity contribution < 1.29 is 14.4 Å². The number of anilines is 2. The SMILES string of the molecule is O=C1CCN(C(=O)c2ccnc(N3CCC(N4Cc5ccccc5NC4=O)CC3)c2)CC1. The lowest BCUT2D eigenvalue weighted by atomic mass is 10.0. The lowest BCUT2D eigenvalue weighted by Gasteiger charge is -2.41. The molecule has 3 amide bonds. The zero-order valence-corrected chi connectivity index (χ0v) is 18.0. The third-order valence-corrected chi connectivity index (χ3v) is 6.69. The summed E-state index contributed by atoms with van der Waals surface area (Å²) in [6.45, 7) is 3.16. The zero-order chi connectivity index (χ0) is 22.1. The van der Waals surface area contributed by atoms with E-state index in [1.165, 1.54) is 0 Å². The Hall–Kier alpha value is -3.42. The van der Waals surface area contributed by atoms with Crippen LogP contribution in [0.5, 0.6) is 0 Å². The van der Waals surface area contributed by atoms with E-state index in [0.717, 1.165) is 43.0 Å². The highest BCUT2D eigenvalue weighted by Gasteiger charge is 2.32. The van der Waals surface area contributed by atoms with Crippen molar-refractivity contribution in [2.75, 3.05) is 36.4 Å². The van der Waals surface area contributed by atoms with E-state index >= 15 is 0 Å². The number of amides is 3. The maximum Gasteiger partial charge on any atom is 0.322 e. The monoisotopic (exact) mass is 433 g/mol. The molecule has 0 unspecified atom stereocenters. The Balaban J connectivity index is 1.22. The predicted molar refractivity (Wildman–Crippen MR) is 121 cm³/mol. The van der Waals surface area contributed by atoms with Crippen molar-refractivity contribution in [3.8, 4) is 0 Å². The first-order chi connectivity index (χ1) is 15.6. The van der Waals surface area contributed by atoms with Crippen molar-refractivity contribution in [3.63, 3.8) is 0 Å². The number of likely N-dealkylation sites (tertiary alicyclic amines) is 1. The summed E-state index contributed by atoms with van der Waals surface area (Å²) >= 11 is 0. The molecule has 0 radical (unpaired) electrons. The van der Waals surface area contributed by atoms with E-state index in [2.05, 4.69) is 21.3 Å².